The van der Waals surface area contributed by atoms with E-state index in [0.29, 0.717) is 0 Å². The van der Waals surface area contributed by atoms with Crippen LogP contribution in [0.2, 0.25) is 0 Å². The van der Waals surface area contributed by atoms with Gasteiger partial charge in [-0.3, -0.25) is 10.3 Å². The molecule has 0 aromatic carbocycles. The average molecular weight is 254 g/mol. The summed E-state index contributed by atoms with van der Waals surface area (Å²) in [6.45, 7) is 8.88. The van der Waals surface area contributed by atoms with Gasteiger partial charge in [0.2, 0.25) is 0 Å². The molecule has 2 rings (SSSR count). The molecule has 0 atom stereocenters. The molecular formula is C11H18N4OS. The van der Waals surface area contributed by atoms with Crippen LogP contribution in [0.15, 0.2) is 11.1 Å². The maximum atomic E-state index is 5.40. The molecule has 6 heteroatoms. The first-order valence-corrected chi connectivity index (χ1v) is 6.69. The monoisotopic (exact) mass is 254 g/mol. The second-order valence-electron chi connectivity index (χ2n) is 4.50. The second-order valence-corrected chi connectivity index (χ2v) is 5.51. The number of hydroxylamine groups is 1. The SMILES string of the molecule is CCn1nc(C)nc1CSC1=CC(C)(C)ON1. The third-order valence-corrected chi connectivity index (χ3v) is 3.32. The lowest BCUT2D eigenvalue weighted by Crippen LogP contribution is -2.20. The zero-order chi connectivity index (χ0) is 12.5. The minimum atomic E-state index is -0.226. The van der Waals surface area contributed by atoms with Gasteiger partial charge >= 0.3 is 0 Å². The molecule has 0 saturated carbocycles. The Hall–Kier alpha value is -1.01. The average Bonchev–Trinajstić information content (AvgIpc) is 2.78. The van der Waals surface area contributed by atoms with E-state index in [1.807, 2.05) is 25.5 Å². The lowest BCUT2D eigenvalue weighted by atomic mass is 10.1. The molecule has 1 aliphatic heterocycles. The Morgan fingerprint density at radius 2 is 2.29 bits per heavy atom. The summed E-state index contributed by atoms with van der Waals surface area (Å²) in [4.78, 5) is 9.81. The highest BCUT2D eigenvalue weighted by molar-refractivity contribution is 8.02. The summed E-state index contributed by atoms with van der Waals surface area (Å²) in [6, 6.07) is 0. The van der Waals surface area contributed by atoms with Crippen molar-refractivity contribution in [1.82, 2.24) is 20.2 Å². The van der Waals surface area contributed by atoms with Gasteiger partial charge in [-0.1, -0.05) is 11.8 Å². The molecule has 5 nitrogen and oxygen atoms in total. The van der Waals surface area contributed by atoms with Crippen LogP contribution in [0.25, 0.3) is 0 Å². The molecule has 1 aromatic heterocycles. The van der Waals surface area contributed by atoms with Gasteiger partial charge in [0.1, 0.15) is 17.2 Å². The van der Waals surface area contributed by atoms with Crippen molar-refractivity contribution in [2.24, 2.45) is 0 Å². The van der Waals surface area contributed by atoms with E-state index in [4.69, 9.17) is 4.84 Å². The van der Waals surface area contributed by atoms with Gasteiger partial charge in [0.25, 0.3) is 0 Å². The quantitative estimate of drug-likeness (QED) is 0.890. The Labute approximate surface area is 106 Å². The van der Waals surface area contributed by atoms with E-state index in [1.54, 1.807) is 11.8 Å². The molecule has 0 bridgehead atoms. The predicted octanol–water partition coefficient (Wildman–Crippen LogP) is 1.99. The summed E-state index contributed by atoms with van der Waals surface area (Å²) in [5.41, 5.74) is 2.70. The van der Waals surface area contributed by atoms with E-state index in [1.165, 1.54) is 0 Å². The van der Waals surface area contributed by atoms with Crippen molar-refractivity contribution in [3.63, 3.8) is 0 Å². The molecule has 0 spiro atoms. The highest BCUT2D eigenvalue weighted by Gasteiger charge is 2.24. The van der Waals surface area contributed by atoms with Gasteiger partial charge in [0.15, 0.2) is 0 Å². The first-order chi connectivity index (χ1) is 8.00. The number of nitrogens with one attached hydrogen (secondary N) is 1. The molecule has 1 aromatic rings. The third-order valence-electron chi connectivity index (χ3n) is 2.40. The Morgan fingerprint density at radius 1 is 1.53 bits per heavy atom. The van der Waals surface area contributed by atoms with Crippen LogP contribution in [0.4, 0.5) is 0 Å². The molecule has 0 radical (unpaired) electrons. The molecule has 0 unspecified atom stereocenters. The molecule has 0 fully saturated rings. The number of hydrogen-bond donors (Lipinski definition) is 1. The normalized spacial score (nSPS) is 18.0. The van der Waals surface area contributed by atoms with E-state index in [0.717, 1.165) is 29.0 Å². The van der Waals surface area contributed by atoms with E-state index in [9.17, 15) is 0 Å². The van der Waals surface area contributed by atoms with Crippen LogP contribution >= 0.6 is 11.8 Å². The zero-order valence-electron chi connectivity index (χ0n) is 10.6. The first kappa shape index (κ1) is 12.4. The van der Waals surface area contributed by atoms with E-state index in [2.05, 4.69) is 28.6 Å². The smallest absolute Gasteiger partial charge is 0.147 e. The van der Waals surface area contributed by atoms with Gasteiger partial charge < -0.3 is 0 Å². The number of thioether (sulfide) groups is 1. The third kappa shape index (κ3) is 3.01. The van der Waals surface area contributed by atoms with Gasteiger partial charge in [0, 0.05) is 6.54 Å². The Morgan fingerprint density at radius 3 is 2.88 bits per heavy atom. The molecule has 0 saturated heterocycles. The van der Waals surface area contributed by atoms with Gasteiger partial charge in [-0.25, -0.2) is 9.67 Å². The van der Waals surface area contributed by atoms with Gasteiger partial charge in [0.05, 0.1) is 10.8 Å². The summed E-state index contributed by atoms with van der Waals surface area (Å²) in [6.07, 6.45) is 2.08. The number of aryl methyl sites for hydroxylation is 2. The molecule has 0 aliphatic carbocycles. The lowest BCUT2D eigenvalue weighted by molar-refractivity contribution is -0.0126. The summed E-state index contributed by atoms with van der Waals surface area (Å²) < 4.78 is 1.93. The van der Waals surface area contributed by atoms with E-state index >= 15 is 0 Å². The van der Waals surface area contributed by atoms with Crippen molar-refractivity contribution in [1.29, 1.82) is 0 Å². The standard InChI is InChI=1S/C11H18N4OS/c1-5-15-9(12-8(2)13-15)7-17-10-6-11(3,4)16-14-10/h6,14H,5,7H2,1-4H3. The van der Waals surface area contributed by atoms with Crippen LogP contribution in [0, 0.1) is 6.92 Å². The largest absolute Gasteiger partial charge is 0.265 e. The van der Waals surface area contributed by atoms with Gasteiger partial charge in [-0.2, -0.15) is 5.10 Å². The predicted molar refractivity (Wildman–Crippen MR) is 68.1 cm³/mol. The number of hydrogen-bond acceptors (Lipinski definition) is 5. The van der Waals surface area contributed by atoms with Crippen molar-refractivity contribution in [2.45, 2.75) is 45.6 Å². The lowest BCUT2D eigenvalue weighted by Gasteiger charge is -2.11. The number of aromatic nitrogens is 3. The molecular weight excluding hydrogens is 236 g/mol. The maximum Gasteiger partial charge on any atom is 0.147 e. The van der Waals surface area contributed by atoms with Crippen molar-refractivity contribution in [3.8, 4) is 0 Å². The molecule has 94 valence electrons. The summed E-state index contributed by atoms with van der Waals surface area (Å²) in [5, 5.41) is 5.36. The summed E-state index contributed by atoms with van der Waals surface area (Å²) >= 11 is 1.68. The molecule has 1 aliphatic rings. The van der Waals surface area contributed by atoms with Crippen molar-refractivity contribution in [3.05, 3.63) is 22.8 Å². The van der Waals surface area contributed by atoms with Crippen molar-refractivity contribution in [2.75, 3.05) is 0 Å². The summed E-state index contributed by atoms with van der Waals surface area (Å²) in [5.74, 6) is 2.63. The van der Waals surface area contributed by atoms with Crippen LogP contribution in [0.3, 0.4) is 0 Å². The fraction of sp³-hybridized carbons (Fsp3) is 0.636. The fourth-order valence-electron chi connectivity index (χ4n) is 1.63. The van der Waals surface area contributed by atoms with Gasteiger partial charge in [-0.15, -0.1) is 0 Å². The zero-order valence-corrected chi connectivity index (χ0v) is 11.5. The van der Waals surface area contributed by atoms with Crippen molar-refractivity contribution >= 4 is 11.8 Å². The van der Waals surface area contributed by atoms with Crippen LogP contribution in [-0.2, 0) is 17.1 Å². The number of nitrogens with zero attached hydrogens (tertiary/aromatic N) is 3. The first-order valence-electron chi connectivity index (χ1n) is 5.70. The number of rotatable bonds is 4. The van der Waals surface area contributed by atoms with Crippen LogP contribution < -0.4 is 5.48 Å². The highest BCUT2D eigenvalue weighted by atomic mass is 32.2. The molecule has 17 heavy (non-hydrogen) atoms. The minimum absolute atomic E-state index is 0.226. The molecule has 2 heterocycles. The second kappa shape index (κ2) is 4.70. The molecule has 0 amide bonds. The Bertz CT molecular complexity index is 439. The topological polar surface area (TPSA) is 52.0 Å². The maximum absolute atomic E-state index is 5.40. The van der Waals surface area contributed by atoms with Crippen LogP contribution in [-0.4, -0.2) is 20.4 Å². The van der Waals surface area contributed by atoms with Gasteiger partial charge in [-0.05, 0) is 33.8 Å². The van der Waals surface area contributed by atoms with E-state index in [-0.39, 0.29) is 5.60 Å². The Balaban J connectivity index is 1.98. The Kier molecular flexibility index (Phi) is 3.44. The minimum Gasteiger partial charge on any atom is -0.265 e. The summed E-state index contributed by atoms with van der Waals surface area (Å²) in [7, 11) is 0. The highest BCUT2D eigenvalue weighted by Crippen LogP contribution is 2.27. The van der Waals surface area contributed by atoms with E-state index < -0.39 is 0 Å². The fourth-order valence-corrected chi connectivity index (χ4v) is 2.60. The van der Waals surface area contributed by atoms with Crippen molar-refractivity contribution < 1.29 is 4.84 Å². The molecule has 1 N–H and O–H groups in total. The van der Waals surface area contributed by atoms with Crippen LogP contribution in [0.1, 0.15) is 32.4 Å². The van der Waals surface area contributed by atoms with Crippen LogP contribution in [0.5, 0.6) is 0 Å².